The van der Waals surface area contributed by atoms with E-state index >= 15 is 0 Å². The maximum Gasteiger partial charge on any atom is 0.573 e. The van der Waals surface area contributed by atoms with Crippen molar-refractivity contribution in [1.29, 1.82) is 0 Å². The zero-order valence-electron chi connectivity index (χ0n) is 18.9. The molecule has 5 heteroatoms. The first-order chi connectivity index (χ1) is 15.3. The predicted molar refractivity (Wildman–Crippen MR) is 120 cm³/mol. The molecule has 4 rings (SSSR count). The van der Waals surface area contributed by atoms with Crippen LogP contribution in [0.4, 0.5) is 17.6 Å². The molecular weight excluding hydrogens is 416 g/mol. The van der Waals surface area contributed by atoms with Crippen LogP contribution >= 0.6 is 0 Å². The predicted octanol–water partition coefficient (Wildman–Crippen LogP) is 9.15. The van der Waals surface area contributed by atoms with E-state index in [1.807, 2.05) is 12.1 Å². The Hall–Kier alpha value is -1.78. The van der Waals surface area contributed by atoms with Gasteiger partial charge in [-0.15, -0.1) is 13.2 Å². The fraction of sp³-hybridized carbons (Fsp3) is 0.630. The first-order valence-electron chi connectivity index (χ1n) is 12.3. The Morgan fingerprint density at radius 2 is 1.69 bits per heavy atom. The number of hydrogen-bond acceptors (Lipinski definition) is 1. The Kier molecular flexibility index (Phi) is 7.31. The minimum atomic E-state index is -4.90. The van der Waals surface area contributed by atoms with Gasteiger partial charge < -0.3 is 4.74 Å². The Balaban J connectivity index is 1.39. The third-order valence-electron chi connectivity index (χ3n) is 7.83. The summed E-state index contributed by atoms with van der Waals surface area (Å²) in [6.45, 7) is 2.26. The Morgan fingerprint density at radius 3 is 2.47 bits per heavy atom. The molecule has 2 aromatic carbocycles. The van der Waals surface area contributed by atoms with Crippen molar-refractivity contribution in [3.05, 3.63) is 41.7 Å². The van der Waals surface area contributed by atoms with E-state index in [0.29, 0.717) is 11.3 Å². The van der Waals surface area contributed by atoms with E-state index in [2.05, 4.69) is 11.7 Å². The summed E-state index contributed by atoms with van der Waals surface area (Å²) in [4.78, 5) is 0. The normalized spacial score (nSPS) is 26.2. The van der Waals surface area contributed by atoms with Crippen molar-refractivity contribution >= 4 is 10.8 Å². The van der Waals surface area contributed by atoms with E-state index in [4.69, 9.17) is 0 Å². The maximum absolute atomic E-state index is 14.5. The average Bonchev–Trinajstić information content (AvgIpc) is 2.77. The van der Waals surface area contributed by atoms with Crippen LogP contribution in [-0.2, 0) is 0 Å². The van der Waals surface area contributed by atoms with Gasteiger partial charge in [0.15, 0.2) is 11.6 Å². The SMILES string of the molecule is CCCCCCC1CCC2CC(c3ccc4c(F)c(OC(F)(F)F)ccc4c3)CCC2C1. The Bertz CT molecular complexity index is 906. The van der Waals surface area contributed by atoms with Crippen molar-refractivity contribution in [2.24, 2.45) is 17.8 Å². The standard InChI is InChI=1S/C27H34F4O/c1-2-3-4-5-6-18-7-8-20-16-21(10-9-19(20)15-18)22-11-13-24-23(17-22)12-14-25(26(24)28)32-27(29,30)31/h11-14,17-21H,2-10,15-16H2,1H3. The van der Waals surface area contributed by atoms with Crippen molar-refractivity contribution in [1.82, 2.24) is 0 Å². The molecule has 2 fully saturated rings. The van der Waals surface area contributed by atoms with E-state index in [-0.39, 0.29) is 5.39 Å². The summed E-state index contributed by atoms with van der Waals surface area (Å²) in [5.74, 6) is 1.25. The molecule has 176 valence electrons. The second-order valence-electron chi connectivity index (χ2n) is 9.96. The summed E-state index contributed by atoms with van der Waals surface area (Å²) in [5.41, 5.74) is 1.18. The Morgan fingerprint density at radius 1 is 0.906 bits per heavy atom. The van der Waals surface area contributed by atoms with Crippen LogP contribution in [0.5, 0.6) is 5.75 Å². The van der Waals surface area contributed by atoms with Gasteiger partial charge in [-0.25, -0.2) is 4.39 Å². The lowest BCUT2D eigenvalue weighted by Crippen LogP contribution is -2.30. The van der Waals surface area contributed by atoms with Gasteiger partial charge in [-0.2, -0.15) is 0 Å². The lowest BCUT2D eigenvalue weighted by Gasteiger charge is -2.42. The minimum Gasteiger partial charge on any atom is -0.403 e. The highest BCUT2D eigenvalue weighted by Gasteiger charge is 2.36. The topological polar surface area (TPSA) is 9.23 Å². The number of halogens is 4. The van der Waals surface area contributed by atoms with Gasteiger partial charge in [-0.1, -0.05) is 69.7 Å². The number of fused-ring (bicyclic) bond motifs is 2. The first kappa shape index (κ1) is 23.4. The zero-order chi connectivity index (χ0) is 22.7. The number of hydrogen-bond donors (Lipinski definition) is 0. The van der Waals surface area contributed by atoms with Crippen molar-refractivity contribution < 1.29 is 22.3 Å². The number of unbranched alkanes of at least 4 members (excludes halogenated alkanes) is 3. The number of benzene rings is 2. The zero-order valence-corrected chi connectivity index (χ0v) is 18.9. The molecule has 2 saturated carbocycles. The van der Waals surface area contributed by atoms with Crippen LogP contribution in [0.2, 0.25) is 0 Å². The molecule has 0 radical (unpaired) electrons. The van der Waals surface area contributed by atoms with Crippen LogP contribution in [0.1, 0.15) is 89.0 Å². The van der Waals surface area contributed by atoms with Gasteiger partial charge in [0.05, 0.1) is 0 Å². The molecule has 0 amide bonds. The number of rotatable bonds is 7. The van der Waals surface area contributed by atoms with E-state index in [1.54, 1.807) is 6.07 Å². The summed E-state index contributed by atoms with van der Waals surface area (Å²) in [7, 11) is 0. The van der Waals surface area contributed by atoms with Gasteiger partial charge in [0, 0.05) is 5.39 Å². The van der Waals surface area contributed by atoms with E-state index in [9.17, 15) is 17.6 Å². The molecule has 2 aliphatic carbocycles. The highest BCUT2D eigenvalue weighted by Crippen LogP contribution is 2.48. The lowest BCUT2D eigenvalue weighted by atomic mass is 9.63. The van der Waals surface area contributed by atoms with Crippen LogP contribution in [0.25, 0.3) is 10.8 Å². The highest BCUT2D eigenvalue weighted by molar-refractivity contribution is 5.85. The molecule has 1 nitrogen and oxygen atoms in total. The van der Waals surface area contributed by atoms with Gasteiger partial charge in [-0.3, -0.25) is 0 Å². The van der Waals surface area contributed by atoms with Gasteiger partial charge in [0.2, 0.25) is 0 Å². The minimum absolute atomic E-state index is 0.174. The van der Waals surface area contributed by atoms with Crippen molar-refractivity contribution in [3.8, 4) is 5.75 Å². The van der Waals surface area contributed by atoms with Crippen LogP contribution < -0.4 is 4.74 Å². The summed E-state index contributed by atoms with van der Waals surface area (Å²) < 4.78 is 55.8. The molecule has 2 aliphatic rings. The summed E-state index contributed by atoms with van der Waals surface area (Å²) >= 11 is 0. The largest absolute Gasteiger partial charge is 0.573 e. The molecule has 0 spiro atoms. The third-order valence-corrected chi connectivity index (χ3v) is 7.83. The summed E-state index contributed by atoms with van der Waals surface area (Å²) in [6.07, 6.45) is 9.52. The Labute approximate surface area is 188 Å². The van der Waals surface area contributed by atoms with Crippen molar-refractivity contribution in [2.45, 2.75) is 89.8 Å². The quantitative estimate of drug-likeness (QED) is 0.302. The van der Waals surface area contributed by atoms with Crippen LogP contribution in [0, 0.1) is 23.6 Å². The molecule has 0 heterocycles. The maximum atomic E-state index is 14.5. The molecule has 0 aromatic heterocycles. The molecule has 0 bridgehead atoms. The molecule has 4 atom stereocenters. The van der Waals surface area contributed by atoms with Gasteiger partial charge >= 0.3 is 6.36 Å². The smallest absolute Gasteiger partial charge is 0.403 e. The molecular formula is C27H34F4O. The molecule has 32 heavy (non-hydrogen) atoms. The average molecular weight is 451 g/mol. The molecule has 2 aromatic rings. The highest BCUT2D eigenvalue weighted by atomic mass is 19.4. The fourth-order valence-corrected chi connectivity index (χ4v) is 6.16. The summed E-state index contributed by atoms with van der Waals surface area (Å²) in [6, 6.07) is 8.07. The fourth-order valence-electron chi connectivity index (χ4n) is 6.16. The summed E-state index contributed by atoms with van der Waals surface area (Å²) in [5, 5.41) is 0.806. The van der Waals surface area contributed by atoms with Crippen LogP contribution in [0.15, 0.2) is 30.3 Å². The second kappa shape index (κ2) is 10.0. The molecule has 4 unspecified atom stereocenters. The van der Waals surface area contributed by atoms with E-state index in [0.717, 1.165) is 30.2 Å². The lowest BCUT2D eigenvalue weighted by molar-refractivity contribution is -0.275. The van der Waals surface area contributed by atoms with Gasteiger partial charge in [-0.05, 0) is 72.8 Å². The van der Waals surface area contributed by atoms with Crippen molar-refractivity contribution in [2.75, 3.05) is 0 Å². The number of ether oxygens (including phenoxy) is 1. The van der Waals surface area contributed by atoms with E-state index in [1.165, 1.54) is 75.8 Å². The second-order valence-corrected chi connectivity index (χ2v) is 9.96. The monoisotopic (exact) mass is 450 g/mol. The first-order valence-corrected chi connectivity index (χ1v) is 12.3. The van der Waals surface area contributed by atoms with Crippen LogP contribution in [0.3, 0.4) is 0 Å². The van der Waals surface area contributed by atoms with Gasteiger partial charge in [0.25, 0.3) is 0 Å². The molecule has 0 N–H and O–H groups in total. The van der Waals surface area contributed by atoms with Crippen LogP contribution in [-0.4, -0.2) is 6.36 Å². The third kappa shape index (κ3) is 5.58. The molecule has 0 saturated heterocycles. The number of alkyl halides is 3. The van der Waals surface area contributed by atoms with E-state index < -0.39 is 17.9 Å². The van der Waals surface area contributed by atoms with Gasteiger partial charge in [0.1, 0.15) is 0 Å². The molecule has 0 aliphatic heterocycles. The van der Waals surface area contributed by atoms with Crippen molar-refractivity contribution in [3.63, 3.8) is 0 Å².